The molecule has 1 aliphatic rings. The molecule has 3 unspecified atom stereocenters. The van der Waals surface area contributed by atoms with Crippen molar-refractivity contribution in [3.8, 4) is 0 Å². The van der Waals surface area contributed by atoms with Crippen molar-refractivity contribution in [2.75, 3.05) is 11.1 Å². The molecule has 0 saturated heterocycles. The fraction of sp³-hybridized carbons (Fsp3) is 0.562. The first-order chi connectivity index (χ1) is 10.9. The van der Waals surface area contributed by atoms with Gasteiger partial charge in [-0.3, -0.25) is 19.1 Å². The summed E-state index contributed by atoms with van der Waals surface area (Å²) in [5.74, 6) is 0.445. The third kappa shape index (κ3) is 4.37. The van der Waals surface area contributed by atoms with Crippen molar-refractivity contribution in [3.63, 3.8) is 0 Å². The maximum absolute atomic E-state index is 12.0. The highest BCUT2D eigenvalue weighted by Gasteiger charge is 2.27. The number of hydrogen-bond donors (Lipinski definition) is 1. The number of nitrogens with zero attached hydrogens (tertiary/aromatic N) is 1. The van der Waals surface area contributed by atoms with Crippen LogP contribution in [0.25, 0.3) is 0 Å². The first-order valence-corrected chi connectivity index (χ1v) is 9.23. The number of carbonyl (C=O) groups excluding carboxylic acids is 1. The minimum atomic E-state index is -0.835. The van der Waals surface area contributed by atoms with E-state index in [0.29, 0.717) is 17.0 Å². The summed E-state index contributed by atoms with van der Waals surface area (Å²) in [6.45, 7) is 3.30. The number of nitro benzene ring substituents is 1. The summed E-state index contributed by atoms with van der Waals surface area (Å²) in [5.41, 5.74) is 0.667. The number of nitro groups is 1. The molecule has 0 radical (unpaired) electrons. The second kappa shape index (κ2) is 7.68. The van der Waals surface area contributed by atoms with Crippen LogP contribution in [0.3, 0.4) is 0 Å². The Morgan fingerprint density at radius 3 is 2.78 bits per heavy atom. The van der Waals surface area contributed by atoms with Gasteiger partial charge in [0, 0.05) is 39.5 Å². The van der Waals surface area contributed by atoms with Crippen LogP contribution >= 0.6 is 0 Å². The quantitative estimate of drug-likeness (QED) is 0.488. The Kier molecular flexibility index (Phi) is 5.87. The van der Waals surface area contributed by atoms with Gasteiger partial charge in [-0.1, -0.05) is 13.3 Å². The number of carbonyl (C=O) groups is 1. The molecule has 1 fully saturated rings. The van der Waals surface area contributed by atoms with Crippen LogP contribution in [-0.2, 0) is 10.8 Å². The summed E-state index contributed by atoms with van der Waals surface area (Å²) in [6.07, 6.45) is 3.58. The second-order valence-corrected chi connectivity index (χ2v) is 7.85. The molecule has 1 aliphatic carbocycles. The molecule has 23 heavy (non-hydrogen) atoms. The second-order valence-electron chi connectivity index (χ2n) is 5.84. The van der Waals surface area contributed by atoms with Crippen molar-refractivity contribution in [1.82, 2.24) is 0 Å². The molecule has 1 N–H and O–H groups in total. The molecule has 7 heteroatoms. The number of hydrogen-bond acceptors (Lipinski definition) is 5. The first-order valence-electron chi connectivity index (χ1n) is 7.85. The Bertz CT molecular complexity index is 633. The predicted molar refractivity (Wildman–Crippen MR) is 91.5 cm³/mol. The molecule has 126 valence electrons. The van der Waals surface area contributed by atoms with Crippen LogP contribution < -0.4 is 5.32 Å². The third-order valence-corrected chi connectivity index (χ3v) is 5.98. The zero-order valence-corrected chi connectivity index (χ0v) is 14.2. The molecule has 0 aromatic heterocycles. The zero-order valence-electron chi connectivity index (χ0n) is 13.4. The van der Waals surface area contributed by atoms with E-state index < -0.39 is 15.7 Å². The van der Waals surface area contributed by atoms with E-state index in [1.165, 1.54) is 13.0 Å². The highest BCUT2D eigenvalue weighted by molar-refractivity contribution is 7.85. The summed E-state index contributed by atoms with van der Waals surface area (Å²) < 4.78 is 12.0. The lowest BCUT2D eigenvalue weighted by atomic mass is 9.94. The Morgan fingerprint density at radius 2 is 2.17 bits per heavy atom. The van der Waals surface area contributed by atoms with Crippen molar-refractivity contribution in [3.05, 3.63) is 33.9 Å². The molecule has 0 heterocycles. The smallest absolute Gasteiger partial charge is 0.293 e. The van der Waals surface area contributed by atoms with E-state index in [1.807, 2.05) is 6.92 Å². The molecular weight excluding hydrogens is 316 g/mol. The van der Waals surface area contributed by atoms with Gasteiger partial charge in [0.1, 0.15) is 5.69 Å². The highest BCUT2D eigenvalue weighted by atomic mass is 32.2. The van der Waals surface area contributed by atoms with Crippen LogP contribution in [0.1, 0.15) is 49.9 Å². The monoisotopic (exact) mass is 338 g/mol. The molecule has 0 spiro atoms. The minimum absolute atomic E-state index is 0.0751. The first kappa shape index (κ1) is 17.6. The number of anilines is 1. The lowest BCUT2D eigenvalue weighted by Gasteiger charge is -2.29. The lowest BCUT2D eigenvalue weighted by Crippen LogP contribution is -2.33. The average Bonchev–Trinajstić information content (AvgIpc) is 2.54. The van der Waals surface area contributed by atoms with Crippen LogP contribution in [0.2, 0.25) is 0 Å². The Morgan fingerprint density at radius 1 is 1.43 bits per heavy atom. The summed E-state index contributed by atoms with van der Waals surface area (Å²) in [4.78, 5) is 22.2. The molecule has 3 atom stereocenters. The van der Waals surface area contributed by atoms with Gasteiger partial charge >= 0.3 is 0 Å². The van der Waals surface area contributed by atoms with E-state index in [0.717, 1.165) is 25.7 Å². The molecule has 1 aromatic rings. The molecule has 1 aromatic carbocycles. The lowest BCUT2D eigenvalue weighted by molar-refractivity contribution is -0.384. The summed E-state index contributed by atoms with van der Waals surface area (Å²) in [6, 6.07) is 4.58. The fourth-order valence-corrected chi connectivity index (χ4v) is 4.34. The Labute approximate surface area is 138 Å². The molecular formula is C16H22N2O4S. The highest BCUT2D eigenvalue weighted by Crippen LogP contribution is 2.30. The van der Waals surface area contributed by atoms with Crippen molar-refractivity contribution in [2.24, 2.45) is 0 Å². The minimum Gasteiger partial charge on any atom is -0.377 e. The van der Waals surface area contributed by atoms with Crippen molar-refractivity contribution >= 4 is 28.0 Å². The number of nitrogens with one attached hydrogen (secondary N) is 1. The van der Waals surface area contributed by atoms with E-state index in [9.17, 15) is 19.1 Å². The van der Waals surface area contributed by atoms with Crippen LogP contribution in [-0.4, -0.2) is 32.0 Å². The number of Topliss-reactive ketones (excluding diaryl/α,β-unsaturated/α-hetero) is 1. The van der Waals surface area contributed by atoms with Crippen molar-refractivity contribution < 1.29 is 13.9 Å². The summed E-state index contributed by atoms with van der Waals surface area (Å²) in [7, 11) is -0.835. The Hall–Kier alpha value is -1.76. The maximum Gasteiger partial charge on any atom is 0.293 e. The zero-order chi connectivity index (χ0) is 17.0. The van der Waals surface area contributed by atoms with Gasteiger partial charge in [0.2, 0.25) is 0 Å². The number of benzene rings is 1. The molecule has 0 aliphatic heterocycles. The van der Waals surface area contributed by atoms with E-state index in [2.05, 4.69) is 5.32 Å². The predicted octanol–water partition coefficient (Wildman–Crippen LogP) is 3.29. The van der Waals surface area contributed by atoms with Crippen LogP contribution in [0.4, 0.5) is 11.4 Å². The van der Waals surface area contributed by atoms with Gasteiger partial charge in [-0.05, 0) is 38.3 Å². The molecule has 0 amide bonds. The van der Waals surface area contributed by atoms with Gasteiger partial charge in [-0.15, -0.1) is 0 Å². The van der Waals surface area contributed by atoms with Gasteiger partial charge in [-0.25, -0.2) is 0 Å². The van der Waals surface area contributed by atoms with Gasteiger partial charge in [0.15, 0.2) is 5.78 Å². The van der Waals surface area contributed by atoms with Crippen molar-refractivity contribution in [2.45, 2.75) is 50.8 Å². The van der Waals surface area contributed by atoms with Gasteiger partial charge < -0.3 is 5.32 Å². The molecule has 0 bridgehead atoms. The summed E-state index contributed by atoms with van der Waals surface area (Å²) in [5, 5.41) is 14.6. The van der Waals surface area contributed by atoms with Gasteiger partial charge in [-0.2, -0.15) is 0 Å². The van der Waals surface area contributed by atoms with Crippen molar-refractivity contribution in [1.29, 1.82) is 0 Å². The van der Waals surface area contributed by atoms with E-state index in [-0.39, 0.29) is 22.8 Å². The van der Waals surface area contributed by atoms with Gasteiger partial charge in [0.05, 0.1) is 4.92 Å². The van der Waals surface area contributed by atoms with Crippen LogP contribution in [0.5, 0.6) is 0 Å². The van der Waals surface area contributed by atoms with Crippen LogP contribution in [0.15, 0.2) is 18.2 Å². The van der Waals surface area contributed by atoms with E-state index in [1.54, 1.807) is 12.1 Å². The molecule has 6 nitrogen and oxygen atoms in total. The average molecular weight is 338 g/mol. The summed E-state index contributed by atoms with van der Waals surface area (Å²) >= 11 is 0. The SMILES string of the molecule is CCS(=O)C1CCCC(Nc2ccc(C(C)=O)cc2[N+](=O)[O-])C1. The third-order valence-electron chi connectivity index (χ3n) is 4.24. The van der Waals surface area contributed by atoms with Crippen LogP contribution in [0, 0.1) is 10.1 Å². The molecule has 2 rings (SSSR count). The van der Waals surface area contributed by atoms with E-state index >= 15 is 0 Å². The largest absolute Gasteiger partial charge is 0.377 e. The Balaban J connectivity index is 2.17. The number of rotatable bonds is 6. The fourth-order valence-electron chi connectivity index (χ4n) is 2.99. The van der Waals surface area contributed by atoms with Gasteiger partial charge in [0.25, 0.3) is 5.69 Å². The normalized spacial score (nSPS) is 22.3. The topological polar surface area (TPSA) is 89.3 Å². The van der Waals surface area contributed by atoms with E-state index in [4.69, 9.17) is 0 Å². The maximum atomic E-state index is 12.0. The molecule has 1 saturated carbocycles. The standard InChI is InChI=1S/C16H22N2O4S/c1-3-23(22)14-6-4-5-13(10-14)17-15-8-7-12(11(2)19)9-16(15)18(20)21/h7-9,13-14,17H,3-6,10H2,1-2H3. The number of ketones is 1.